The summed E-state index contributed by atoms with van der Waals surface area (Å²) >= 11 is 0. The minimum absolute atomic E-state index is 0.0553. The fourth-order valence-corrected chi connectivity index (χ4v) is 7.32. The van der Waals surface area contributed by atoms with Gasteiger partial charge in [-0.3, -0.25) is 13.8 Å². The average molecular weight is 812 g/mol. The second-order valence-electron chi connectivity index (χ2n) is 17.1. The van der Waals surface area contributed by atoms with Gasteiger partial charge < -0.3 is 19.8 Å². The van der Waals surface area contributed by atoms with Crippen molar-refractivity contribution in [2.45, 2.75) is 219 Å². The van der Waals surface area contributed by atoms with Crippen LogP contribution >= 0.6 is 7.82 Å². The van der Waals surface area contributed by atoms with Crippen LogP contribution in [0, 0.1) is 0 Å². The first kappa shape index (κ1) is 54.7. The summed E-state index contributed by atoms with van der Waals surface area (Å²) in [5, 5.41) is 13.8. The van der Waals surface area contributed by atoms with Gasteiger partial charge in [-0.15, -0.1) is 0 Å². The molecule has 0 rings (SSSR count). The first-order valence-corrected chi connectivity index (χ1v) is 24.9. The third-order valence-electron chi connectivity index (χ3n) is 10.3. The smallest absolute Gasteiger partial charge is 0.387 e. The van der Waals surface area contributed by atoms with Crippen LogP contribution in [-0.2, 0) is 18.4 Å². The van der Waals surface area contributed by atoms with Crippen LogP contribution in [0.2, 0.25) is 0 Å². The van der Waals surface area contributed by atoms with Gasteiger partial charge in [-0.25, -0.2) is 4.57 Å². The lowest BCUT2D eigenvalue weighted by atomic mass is 10.1. The van der Waals surface area contributed by atoms with Crippen molar-refractivity contribution in [1.29, 1.82) is 0 Å². The van der Waals surface area contributed by atoms with E-state index >= 15 is 0 Å². The van der Waals surface area contributed by atoms with Crippen molar-refractivity contribution in [3.8, 4) is 0 Å². The molecule has 330 valence electrons. The van der Waals surface area contributed by atoms with Crippen LogP contribution in [0.1, 0.15) is 206 Å². The van der Waals surface area contributed by atoms with E-state index in [0.29, 0.717) is 17.4 Å². The van der Waals surface area contributed by atoms with Gasteiger partial charge in [0.15, 0.2) is 0 Å². The van der Waals surface area contributed by atoms with E-state index in [1.165, 1.54) is 148 Å². The van der Waals surface area contributed by atoms with E-state index in [0.717, 1.165) is 38.5 Å². The third-order valence-corrected chi connectivity index (χ3v) is 11.3. The Balaban J connectivity index is 4.36. The number of rotatable bonds is 42. The minimum atomic E-state index is -4.34. The topological polar surface area (TPSA) is 105 Å². The fourth-order valence-electron chi connectivity index (χ4n) is 6.58. The van der Waals surface area contributed by atoms with E-state index in [4.69, 9.17) is 9.05 Å². The number of hydrogen-bond donors (Lipinski definition) is 3. The molecule has 0 aliphatic rings. The number of aliphatic hydroxyl groups is 1. The number of unbranched alkanes of at least 4 members (excludes halogenated alkanes) is 25. The Bertz CT molecular complexity index is 1010. The molecular formula is C47H92N2O6P+. The summed E-state index contributed by atoms with van der Waals surface area (Å²) in [6, 6.07) is -0.863. The molecule has 0 spiro atoms. The fraction of sp³-hybridized carbons (Fsp3) is 0.851. The molecule has 1 amide bonds. The summed E-state index contributed by atoms with van der Waals surface area (Å²) in [4.78, 5) is 23.1. The summed E-state index contributed by atoms with van der Waals surface area (Å²) in [6.45, 7) is 4.78. The predicted octanol–water partition coefficient (Wildman–Crippen LogP) is 13.1. The van der Waals surface area contributed by atoms with Gasteiger partial charge in [0.1, 0.15) is 13.2 Å². The largest absolute Gasteiger partial charge is 0.472 e. The molecule has 0 aromatic heterocycles. The predicted molar refractivity (Wildman–Crippen MR) is 240 cm³/mol. The Morgan fingerprint density at radius 1 is 0.589 bits per heavy atom. The number of carbonyl (C=O) groups excluding carboxylic acids is 1. The highest BCUT2D eigenvalue weighted by Crippen LogP contribution is 2.43. The van der Waals surface area contributed by atoms with Gasteiger partial charge in [-0.2, -0.15) is 0 Å². The molecule has 0 bridgehead atoms. The monoisotopic (exact) mass is 812 g/mol. The maximum absolute atomic E-state index is 12.9. The molecular weight excluding hydrogens is 719 g/mol. The molecule has 9 heteroatoms. The van der Waals surface area contributed by atoms with Gasteiger partial charge >= 0.3 is 7.82 Å². The first-order valence-electron chi connectivity index (χ1n) is 23.4. The minimum Gasteiger partial charge on any atom is -0.387 e. The van der Waals surface area contributed by atoms with Gasteiger partial charge in [0.05, 0.1) is 39.9 Å². The number of likely N-dealkylation sites (N-methyl/N-ethyl adjacent to an activating group) is 1. The Kier molecular flexibility index (Phi) is 38.3. The lowest BCUT2D eigenvalue weighted by molar-refractivity contribution is -0.870. The second kappa shape index (κ2) is 39.2. The highest BCUT2D eigenvalue weighted by Gasteiger charge is 2.27. The third kappa shape index (κ3) is 40.9. The van der Waals surface area contributed by atoms with Gasteiger partial charge in [-0.05, 0) is 57.8 Å². The molecule has 0 aromatic rings. The highest BCUT2D eigenvalue weighted by atomic mass is 31.2. The van der Waals surface area contributed by atoms with Gasteiger partial charge in [0.2, 0.25) is 5.91 Å². The molecule has 3 unspecified atom stereocenters. The van der Waals surface area contributed by atoms with Crippen LogP contribution in [0.5, 0.6) is 0 Å². The molecule has 0 aliphatic carbocycles. The summed E-state index contributed by atoms with van der Waals surface area (Å²) in [7, 11) is 1.55. The number of amides is 1. The number of carbonyl (C=O) groups is 1. The Morgan fingerprint density at radius 2 is 0.982 bits per heavy atom. The number of phosphoric acid groups is 1. The van der Waals surface area contributed by atoms with Crippen LogP contribution in [0.15, 0.2) is 36.5 Å². The Morgan fingerprint density at radius 3 is 1.43 bits per heavy atom. The quantitative estimate of drug-likeness (QED) is 0.0245. The number of hydrogen-bond acceptors (Lipinski definition) is 5. The van der Waals surface area contributed by atoms with Crippen molar-refractivity contribution < 1.29 is 32.9 Å². The van der Waals surface area contributed by atoms with E-state index in [9.17, 15) is 19.4 Å². The number of allylic oxidation sites excluding steroid dienone is 5. The Labute approximate surface area is 347 Å². The molecule has 0 aliphatic heterocycles. The normalized spacial score (nSPS) is 14.6. The lowest BCUT2D eigenvalue weighted by Crippen LogP contribution is -2.45. The summed E-state index contributed by atoms with van der Waals surface area (Å²) < 4.78 is 23.5. The van der Waals surface area contributed by atoms with E-state index in [2.05, 4.69) is 43.5 Å². The number of nitrogens with one attached hydrogen (secondary N) is 1. The van der Waals surface area contributed by atoms with Crippen molar-refractivity contribution in [1.82, 2.24) is 5.32 Å². The van der Waals surface area contributed by atoms with Crippen molar-refractivity contribution in [2.24, 2.45) is 0 Å². The first-order chi connectivity index (χ1) is 27.0. The van der Waals surface area contributed by atoms with E-state index in [1.807, 2.05) is 27.2 Å². The molecule has 0 heterocycles. The number of phosphoric ester groups is 1. The lowest BCUT2D eigenvalue weighted by Gasteiger charge is -2.25. The van der Waals surface area contributed by atoms with E-state index < -0.39 is 20.0 Å². The van der Waals surface area contributed by atoms with Gasteiger partial charge in [0, 0.05) is 6.42 Å². The van der Waals surface area contributed by atoms with Gasteiger partial charge in [-0.1, -0.05) is 179 Å². The van der Waals surface area contributed by atoms with Crippen molar-refractivity contribution in [3.05, 3.63) is 36.5 Å². The molecule has 3 N–H and O–H groups in total. The number of aliphatic hydroxyl groups excluding tert-OH is 1. The van der Waals surface area contributed by atoms with Crippen LogP contribution in [-0.4, -0.2) is 73.4 Å². The number of nitrogens with zero attached hydrogens (tertiary/aromatic N) is 1. The molecule has 56 heavy (non-hydrogen) atoms. The number of quaternary nitrogens is 1. The van der Waals surface area contributed by atoms with Crippen LogP contribution in [0.3, 0.4) is 0 Å². The van der Waals surface area contributed by atoms with Gasteiger partial charge in [0.25, 0.3) is 0 Å². The molecule has 0 radical (unpaired) electrons. The summed E-state index contributed by atoms with van der Waals surface area (Å²) in [6.07, 6.45) is 47.9. The zero-order chi connectivity index (χ0) is 41.4. The van der Waals surface area contributed by atoms with Crippen LogP contribution in [0.4, 0.5) is 0 Å². The average Bonchev–Trinajstić information content (AvgIpc) is 3.15. The van der Waals surface area contributed by atoms with Crippen LogP contribution < -0.4 is 5.32 Å². The SMILES string of the molecule is CCCCCCCCC/C=C/CC/C=C/C(O)C(COP(=O)(O)OCC[N+](C)(C)C)NC(=O)CCCCCCCCC/C=C\CCCCCCCCCCCC. The van der Waals surface area contributed by atoms with Crippen molar-refractivity contribution >= 4 is 13.7 Å². The molecule has 0 aromatic carbocycles. The van der Waals surface area contributed by atoms with Crippen molar-refractivity contribution in [3.63, 3.8) is 0 Å². The maximum atomic E-state index is 12.9. The zero-order valence-electron chi connectivity index (χ0n) is 37.4. The standard InChI is InChI=1S/C47H91N2O6P/c1-6-8-10-12-14-16-18-20-21-22-23-24-25-26-27-29-31-33-35-37-39-41-47(51)48-45(44-55-56(52,53)54-43-42-49(3,4)5)46(50)40-38-36-34-32-30-28-19-17-15-13-11-9-7-2/h24-25,30,32,38,40,45-46,50H,6-23,26-29,31,33-37,39,41-44H2,1-5H3,(H-,48,51,52,53)/p+1/b25-24-,32-30+,40-38+. The highest BCUT2D eigenvalue weighted by molar-refractivity contribution is 7.47. The zero-order valence-corrected chi connectivity index (χ0v) is 38.3. The van der Waals surface area contributed by atoms with Crippen LogP contribution in [0.25, 0.3) is 0 Å². The summed E-state index contributed by atoms with van der Waals surface area (Å²) in [5.41, 5.74) is 0. The van der Waals surface area contributed by atoms with Crippen molar-refractivity contribution in [2.75, 3.05) is 40.9 Å². The molecule has 8 nitrogen and oxygen atoms in total. The molecule has 0 saturated carbocycles. The summed E-state index contributed by atoms with van der Waals surface area (Å²) in [5.74, 6) is -0.192. The maximum Gasteiger partial charge on any atom is 0.472 e. The Hall–Kier alpha value is -1.28. The second-order valence-corrected chi connectivity index (χ2v) is 18.6. The van der Waals surface area contributed by atoms with E-state index in [1.54, 1.807) is 6.08 Å². The molecule has 0 saturated heterocycles. The van der Waals surface area contributed by atoms with E-state index in [-0.39, 0.29) is 19.1 Å². The molecule has 3 atom stereocenters. The molecule has 0 fully saturated rings.